The molecule has 0 amide bonds. The molecule has 1 N–H and O–H groups in total. The number of rotatable bonds is 4. The first-order valence-corrected chi connectivity index (χ1v) is 6.86. The van der Waals surface area contributed by atoms with E-state index in [1.807, 2.05) is 26.0 Å². The predicted octanol–water partition coefficient (Wildman–Crippen LogP) is 1.62. The SMILES string of the molecule is Cc1ccn2c(=O)cc(CSC(C)CO)nc2c1. The van der Waals surface area contributed by atoms with Gasteiger partial charge in [0.2, 0.25) is 0 Å². The average Bonchev–Trinajstić information content (AvgIpc) is 2.35. The summed E-state index contributed by atoms with van der Waals surface area (Å²) in [5, 5.41) is 9.12. The standard InChI is InChI=1S/C13H16N2O2S/c1-9-3-4-15-12(5-9)14-11(6-13(15)17)8-18-10(2)7-16/h3-6,10,16H,7-8H2,1-2H3. The Morgan fingerprint density at radius 1 is 1.50 bits per heavy atom. The molecule has 18 heavy (non-hydrogen) atoms. The number of aromatic nitrogens is 2. The summed E-state index contributed by atoms with van der Waals surface area (Å²) in [6.07, 6.45) is 1.74. The Morgan fingerprint density at radius 2 is 2.28 bits per heavy atom. The van der Waals surface area contributed by atoms with Crippen LogP contribution in [-0.2, 0) is 5.75 Å². The van der Waals surface area contributed by atoms with Crippen LogP contribution < -0.4 is 5.56 Å². The lowest BCUT2D eigenvalue weighted by atomic mass is 10.3. The minimum atomic E-state index is -0.0627. The normalized spacial score (nSPS) is 12.8. The van der Waals surface area contributed by atoms with Gasteiger partial charge in [0, 0.05) is 23.3 Å². The van der Waals surface area contributed by atoms with Gasteiger partial charge in [0.05, 0.1) is 12.3 Å². The van der Waals surface area contributed by atoms with E-state index in [4.69, 9.17) is 5.11 Å². The van der Waals surface area contributed by atoms with Crippen LogP contribution in [0.3, 0.4) is 0 Å². The van der Waals surface area contributed by atoms with Crippen molar-refractivity contribution in [3.8, 4) is 0 Å². The van der Waals surface area contributed by atoms with E-state index in [9.17, 15) is 4.79 Å². The molecule has 0 saturated heterocycles. The van der Waals surface area contributed by atoms with Crippen molar-refractivity contribution in [1.82, 2.24) is 9.38 Å². The molecule has 1 atom stereocenters. The van der Waals surface area contributed by atoms with Crippen molar-refractivity contribution < 1.29 is 5.11 Å². The molecule has 4 nitrogen and oxygen atoms in total. The lowest BCUT2D eigenvalue weighted by Gasteiger charge is -2.08. The first kappa shape index (κ1) is 13.1. The van der Waals surface area contributed by atoms with E-state index in [0.29, 0.717) is 11.4 Å². The van der Waals surface area contributed by atoms with Gasteiger partial charge in [0.25, 0.3) is 5.56 Å². The summed E-state index contributed by atoms with van der Waals surface area (Å²) in [7, 11) is 0. The Bertz CT molecular complexity index is 609. The summed E-state index contributed by atoms with van der Waals surface area (Å²) in [6, 6.07) is 5.34. The molecule has 2 heterocycles. The molecule has 1 unspecified atom stereocenters. The van der Waals surface area contributed by atoms with Crippen LogP contribution in [0.25, 0.3) is 5.65 Å². The van der Waals surface area contributed by atoms with E-state index in [1.165, 1.54) is 4.40 Å². The third-order valence-corrected chi connectivity index (χ3v) is 3.83. The molecule has 2 aromatic rings. The molecule has 0 spiro atoms. The summed E-state index contributed by atoms with van der Waals surface area (Å²) in [4.78, 5) is 16.4. The van der Waals surface area contributed by atoms with Gasteiger partial charge in [-0.15, -0.1) is 0 Å². The molecule has 0 fully saturated rings. The number of aryl methyl sites for hydroxylation is 1. The minimum absolute atomic E-state index is 0.0627. The van der Waals surface area contributed by atoms with Gasteiger partial charge in [0.15, 0.2) is 0 Å². The topological polar surface area (TPSA) is 54.6 Å². The van der Waals surface area contributed by atoms with Crippen molar-refractivity contribution in [2.45, 2.75) is 24.9 Å². The van der Waals surface area contributed by atoms with E-state index < -0.39 is 0 Å². The van der Waals surface area contributed by atoms with Gasteiger partial charge in [-0.05, 0) is 24.6 Å². The van der Waals surface area contributed by atoms with Gasteiger partial charge in [-0.3, -0.25) is 9.20 Å². The molecule has 0 aliphatic heterocycles. The third kappa shape index (κ3) is 2.91. The molecular formula is C13H16N2O2S. The van der Waals surface area contributed by atoms with Gasteiger partial charge < -0.3 is 5.11 Å². The first-order valence-electron chi connectivity index (χ1n) is 5.81. The zero-order valence-corrected chi connectivity index (χ0v) is 11.3. The Balaban J connectivity index is 2.33. The Kier molecular flexibility index (Phi) is 4.04. The fourth-order valence-corrected chi connectivity index (χ4v) is 2.32. The van der Waals surface area contributed by atoms with Gasteiger partial charge in [0.1, 0.15) is 5.65 Å². The largest absolute Gasteiger partial charge is 0.395 e. The molecule has 96 valence electrons. The number of hydrogen-bond donors (Lipinski definition) is 1. The van der Waals surface area contributed by atoms with E-state index >= 15 is 0 Å². The third-order valence-electron chi connectivity index (χ3n) is 2.65. The van der Waals surface area contributed by atoms with Crippen LogP contribution in [0.2, 0.25) is 0 Å². The highest BCUT2D eigenvalue weighted by Crippen LogP contribution is 2.15. The first-order chi connectivity index (χ1) is 8.60. The van der Waals surface area contributed by atoms with Crippen LogP contribution in [0.15, 0.2) is 29.2 Å². The average molecular weight is 264 g/mol. The van der Waals surface area contributed by atoms with Gasteiger partial charge in [-0.2, -0.15) is 11.8 Å². The molecule has 0 aromatic carbocycles. The second kappa shape index (κ2) is 5.54. The Morgan fingerprint density at radius 3 is 3.00 bits per heavy atom. The molecule has 2 rings (SSSR count). The monoisotopic (exact) mass is 264 g/mol. The molecule has 0 bridgehead atoms. The van der Waals surface area contributed by atoms with Crippen LogP contribution in [-0.4, -0.2) is 26.3 Å². The fourth-order valence-electron chi connectivity index (χ4n) is 1.61. The number of hydrogen-bond acceptors (Lipinski definition) is 4. The minimum Gasteiger partial charge on any atom is -0.395 e. The summed E-state index contributed by atoms with van der Waals surface area (Å²) < 4.78 is 1.54. The van der Waals surface area contributed by atoms with Gasteiger partial charge >= 0.3 is 0 Å². The van der Waals surface area contributed by atoms with E-state index in [-0.39, 0.29) is 17.4 Å². The highest BCUT2D eigenvalue weighted by atomic mass is 32.2. The van der Waals surface area contributed by atoms with Crippen molar-refractivity contribution >= 4 is 17.4 Å². The zero-order chi connectivity index (χ0) is 13.1. The number of nitrogens with zero attached hydrogens (tertiary/aromatic N) is 2. The highest BCUT2D eigenvalue weighted by molar-refractivity contribution is 7.99. The number of aliphatic hydroxyl groups excluding tert-OH is 1. The fraction of sp³-hybridized carbons (Fsp3) is 0.385. The second-order valence-electron chi connectivity index (χ2n) is 4.32. The van der Waals surface area contributed by atoms with Crippen LogP contribution >= 0.6 is 11.8 Å². The number of aliphatic hydroxyl groups is 1. The predicted molar refractivity (Wildman–Crippen MR) is 74.0 cm³/mol. The quantitative estimate of drug-likeness (QED) is 0.911. The molecule has 2 aromatic heterocycles. The Labute approximate surface area is 110 Å². The van der Waals surface area contributed by atoms with Crippen LogP contribution in [0.4, 0.5) is 0 Å². The highest BCUT2D eigenvalue weighted by Gasteiger charge is 2.05. The van der Waals surface area contributed by atoms with Gasteiger partial charge in [-0.25, -0.2) is 4.98 Å². The summed E-state index contributed by atoms with van der Waals surface area (Å²) in [5.41, 5.74) is 2.45. The molecule has 0 aliphatic rings. The van der Waals surface area contributed by atoms with Crippen molar-refractivity contribution in [3.63, 3.8) is 0 Å². The maximum atomic E-state index is 11.9. The zero-order valence-electron chi connectivity index (χ0n) is 10.5. The maximum absolute atomic E-state index is 11.9. The van der Waals surface area contributed by atoms with E-state index in [2.05, 4.69) is 4.98 Å². The van der Waals surface area contributed by atoms with Crippen molar-refractivity contribution in [3.05, 3.63) is 46.0 Å². The van der Waals surface area contributed by atoms with E-state index in [0.717, 1.165) is 11.3 Å². The van der Waals surface area contributed by atoms with Crippen LogP contribution in [0.1, 0.15) is 18.2 Å². The van der Waals surface area contributed by atoms with Crippen LogP contribution in [0.5, 0.6) is 0 Å². The van der Waals surface area contributed by atoms with E-state index in [1.54, 1.807) is 24.0 Å². The molecule has 0 saturated carbocycles. The Hall–Kier alpha value is -1.33. The van der Waals surface area contributed by atoms with Crippen LogP contribution in [0, 0.1) is 6.92 Å². The van der Waals surface area contributed by atoms with Crippen molar-refractivity contribution in [1.29, 1.82) is 0 Å². The summed E-state index contributed by atoms with van der Waals surface area (Å²) >= 11 is 1.59. The summed E-state index contributed by atoms with van der Waals surface area (Å²) in [6.45, 7) is 4.06. The summed E-state index contributed by atoms with van der Waals surface area (Å²) in [5.74, 6) is 0.640. The second-order valence-corrected chi connectivity index (χ2v) is 5.75. The lowest BCUT2D eigenvalue weighted by Crippen LogP contribution is -2.15. The number of thioether (sulfide) groups is 1. The number of fused-ring (bicyclic) bond motifs is 1. The maximum Gasteiger partial charge on any atom is 0.258 e. The van der Waals surface area contributed by atoms with Crippen molar-refractivity contribution in [2.75, 3.05) is 6.61 Å². The molecular weight excluding hydrogens is 248 g/mol. The molecule has 5 heteroatoms. The smallest absolute Gasteiger partial charge is 0.258 e. The lowest BCUT2D eigenvalue weighted by molar-refractivity contribution is 0.300. The van der Waals surface area contributed by atoms with Crippen molar-refractivity contribution in [2.24, 2.45) is 0 Å². The number of pyridine rings is 1. The van der Waals surface area contributed by atoms with Gasteiger partial charge in [-0.1, -0.05) is 6.92 Å². The molecule has 0 aliphatic carbocycles. The molecule has 0 radical (unpaired) electrons.